The van der Waals surface area contributed by atoms with Crippen LogP contribution in [0.2, 0.25) is 0 Å². The second-order valence-corrected chi connectivity index (χ2v) is 6.99. The van der Waals surface area contributed by atoms with Gasteiger partial charge in [-0.15, -0.1) is 0 Å². The predicted octanol–water partition coefficient (Wildman–Crippen LogP) is 3.14. The van der Waals surface area contributed by atoms with Crippen LogP contribution in [0.15, 0.2) is 24.3 Å². The summed E-state index contributed by atoms with van der Waals surface area (Å²) in [6.07, 6.45) is 0.562. The minimum Gasteiger partial charge on any atom is -0.494 e. The minimum absolute atomic E-state index is 0.0887. The van der Waals surface area contributed by atoms with E-state index in [1.807, 2.05) is 39.8 Å². The first-order valence-corrected chi connectivity index (χ1v) is 8.26. The number of carbonyl (C=O) groups excluding carboxylic acids is 1. The van der Waals surface area contributed by atoms with Gasteiger partial charge in [0.1, 0.15) is 11.4 Å². The Morgan fingerprint density at radius 2 is 1.96 bits per heavy atom. The zero-order valence-electron chi connectivity index (χ0n) is 14.5. The zero-order valence-corrected chi connectivity index (χ0v) is 14.5. The van der Waals surface area contributed by atoms with Gasteiger partial charge in [0.2, 0.25) is 0 Å². The molecule has 0 aliphatic carbocycles. The van der Waals surface area contributed by atoms with Gasteiger partial charge in [0.05, 0.1) is 6.61 Å². The number of piperidine rings is 1. The number of hydrogen-bond donors (Lipinski definition) is 1. The topological polar surface area (TPSA) is 64.8 Å². The van der Waals surface area contributed by atoms with Gasteiger partial charge in [0, 0.05) is 25.0 Å². The van der Waals surface area contributed by atoms with Gasteiger partial charge in [-0.05, 0) is 51.8 Å². The zero-order chi connectivity index (χ0) is 17.0. The quantitative estimate of drug-likeness (QED) is 0.929. The van der Waals surface area contributed by atoms with Crippen LogP contribution < -0.4 is 10.5 Å². The van der Waals surface area contributed by atoms with Gasteiger partial charge in [0.25, 0.3) is 0 Å². The number of rotatable bonds is 3. The van der Waals surface area contributed by atoms with Crippen molar-refractivity contribution in [1.29, 1.82) is 0 Å². The summed E-state index contributed by atoms with van der Waals surface area (Å²) in [5.41, 5.74) is 7.04. The van der Waals surface area contributed by atoms with Gasteiger partial charge in [-0.1, -0.05) is 12.1 Å². The molecule has 5 heteroatoms. The predicted molar refractivity (Wildman–Crippen MR) is 90.8 cm³/mol. The fourth-order valence-electron chi connectivity index (χ4n) is 2.87. The van der Waals surface area contributed by atoms with E-state index in [0.717, 1.165) is 12.2 Å². The Kier molecular flexibility index (Phi) is 5.52. The van der Waals surface area contributed by atoms with Gasteiger partial charge in [0.15, 0.2) is 0 Å². The van der Waals surface area contributed by atoms with Crippen molar-refractivity contribution in [1.82, 2.24) is 4.90 Å². The summed E-state index contributed by atoms with van der Waals surface area (Å²) in [6.45, 7) is 9.43. The number of benzene rings is 1. The highest BCUT2D eigenvalue weighted by Gasteiger charge is 2.32. The molecule has 5 nitrogen and oxygen atoms in total. The summed E-state index contributed by atoms with van der Waals surface area (Å²) in [4.78, 5) is 13.9. The van der Waals surface area contributed by atoms with Gasteiger partial charge < -0.3 is 20.1 Å². The molecule has 1 aromatic rings. The maximum absolute atomic E-state index is 12.2. The molecule has 23 heavy (non-hydrogen) atoms. The van der Waals surface area contributed by atoms with Gasteiger partial charge >= 0.3 is 6.09 Å². The standard InChI is InChI=1S/C18H28N2O3/c1-5-22-14-8-6-13(7-9-14)15-10-11-20(12-16(15)19)17(21)23-18(2,3)4/h6-9,15-16H,5,10-12,19H2,1-4H3/t15-,16-/m0/s1. The molecular weight excluding hydrogens is 292 g/mol. The Balaban J connectivity index is 1.97. The molecule has 1 amide bonds. The Bertz CT molecular complexity index is 522. The van der Waals surface area contributed by atoms with Crippen molar-refractivity contribution in [2.24, 2.45) is 5.73 Å². The summed E-state index contributed by atoms with van der Waals surface area (Å²) in [5, 5.41) is 0. The van der Waals surface area contributed by atoms with Crippen LogP contribution in [-0.2, 0) is 4.74 Å². The van der Waals surface area contributed by atoms with Crippen LogP contribution >= 0.6 is 0 Å². The lowest BCUT2D eigenvalue weighted by Crippen LogP contribution is -2.50. The average Bonchev–Trinajstić information content (AvgIpc) is 2.47. The lowest BCUT2D eigenvalue weighted by molar-refractivity contribution is 0.0186. The number of hydrogen-bond acceptors (Lipinski definition) is 4. The summed E-state index contributed by atoms with van der Waals surface area (Å²) >= 11 is 0. The molecule has 2 atom stereocenters. The van der Waals surface area contributed by atoms with Crippen molar-refractivity contribution in [2.75, 3.05) is 19.7 Å². The van der Waals surface area contributed by atoms with E-state index in [0.29, 0.717) is 19.7 Å². The molecule has 0 spiro atoms. The van der Waals surface area contributed by atoms with E-state index in [2.05, 4.69) is 12.1 Å². The summed E-state index contributed by atoms with van der Waals surface area (Å²) in [7, 11) is 0. The number of carbonyl (C=O) groups is 1. The largest absolute Gasteiger partial charge is 0.494 e. The molecule has 128 valence electrons. The smallest absolute Gasteiger partial charge is 0.410 e. The van der Waals surface area contributed by atoms with Crippen molar-refractivity contribution in [3.05, 3.63) is 29.8 Å². The summed E-state index contributed by atoms with van der Waals surface area (Å²) in [6, 6.07) is 8.00. The number of amides is 1. The highest BCUT2D eigenvalue weighted by Crippen LogP contribution is 2.29. The van der Waals surface area contributed by atoms with Crippen molar-refractivity contribution in [3.63, 3.8) is 0 Å². The second-order valence-electron chi connectivity index (χ2n) is 6.99. The molecule has 0 unspecified atom stereocenters. The molecule has 1 saturated heterocycles. The van der Waals surface area contributed by atoms with E-state index in [4.69, 9.17) is 15.2 Å². The average molecular weight is 320 g/mol. The fourth-order valence-corrected chi connectivity index (χ4v) is 2.87. The SMILES string of the molecule is CCOc1ccc([C@@H]2CCN(C(=O)OC(C)(C)C)C[C@@H]2N)cc1. The van der Waals surface area contributed by atoms with Crippen LogP contribution in [0.4, 0.5) is 4.79 Å². The molecule has 0 saturated carbocycles. The van der Waals surface area contributed by atoms with Crippen LogP contribution in [0.1, 0.15) is 45.6 Å². The maximum Gasteiger partial charge on any atom is 0.410 e. The third-order valence-corrected chi connectivity index (χ3v) is 3.93. The molecule has 1 heterocycles. The van der Waals surface area contributed by atoms with Crippen LogP contribution in [0.3, 0.4) is 0 Å². The second kappa shape index (κ2) is 7.21. The molecular formula is C18H28N2O3. The molecule has 1 aromatic carbocycles. The van der Waals surface area contributed by atoms with Crippen LogP contribution in [0.5, 0.6) is 5.75 Å². The lowest BCUT2D eigenvalue weighted by Gasteiger charge is -2.37. The van der Waals surface area contributed by atoms with Crippen LogP contribution in [0, 0.1) is 0 Å². The molecule has 1 fully saturated rings. The van der Waals surface area contributed by atoms with E-state index in [1.54, 1.807) is 4.90 Å². The first-order chi connectivity index (χ1) is 10.8. The molecule has 2 rings (SSSR count). The van der Waals surface area contributed by atoms with Crippen molar-refractivity contribution >= 4 is 6.09 Å². The summed E-state index contributed by atoms with van der Waals surface area (Å²) in [5.74, 6) is 1.13. The molecule has 0 radical (unpaired) electrons. The van der Waals surface area contributed by atoms with E-state index in [-0.39, 0.29) is 18.1 Å². The van der Waals surface area contributed by atoms with Gasteiger partial charge in [-0.2, -0.15) is 0 Å². The number of likely N-dealkylation sites (tertiary alicyclic amines) is 1. The highest BCUT2D eigenvalue weighted by atomic mass is 16.6. The first-order valence-electron chi connectivity index (χ1n) is 8.26. The normalized spacial score (nSPS) is 21.9. The van der Waals surface area contributed by atoms with Crippen molar-refractivity contribution in [3.8, 4) is 5.75 Å². The number of nitrogens with zero attached hydrogens (tertiary/aromatic N) is 1. The highest BCUT2D eigenvalue weighted by molar-refractivity contribution is 5.68. The molecule has 1 aliphatic rings. The maximum atomic E-state index is 12.2. The lowest BCUT2D eigenvalue weighted by atomic mass is 9.86. The van der Waals surface area contributed by atoms with Crippen LogP contribution in [-0.4, -0.2) is 42.3 Å². The van der Waals surface area contributed by atoms with Gasteiger partial charge in [-0.3, -0.25) is 0 Å². The Hall–Kier alpha value is -1.75. The molecule has 0 bridgehead atoms. The third-order valence-electron chi connectivity index (χ3n) is 3.93. The summed E-state index contributed by atoms with van der Waals surface area (Å²) < 4.78 is 10.9. The van der Waals surface area contributed by atoms with Gasteiger partial charge in [-0.25, -0.2) is 4.79 Å². The Morgan fingerprint density at radius 1 is 1.30 bits per heavy atom. The number of ether oxygens (including phenoxy) is 2. The third kappa shape index (κ3) is 4.86. The van der Waals surface area contributed by atoms with Crippen LogP contribution in [0.25, 0.3) is 0 Å². The van der Waals surface area contributed by atoms with E-state index >= 15 is 0 Å². The Morgan fingerprint density at radius 3 is 2.48 bits per heavy atom. The molecule has 2 N–H and O–H groups in total. The van der Waals surface area contributed by atoms with Crippen molar-refractivity contribution < 1.29 is 14.3 Å². The first kappa shape index (κ1) is 17.6. The molecule has 0 aromatic heterocycles. The minimum atomic E-state index is -0.479. The van der Waals surface area contributed by atoms with E-state index in [9.17, 15) is 4.79 Å². The Labute approximate surface area is 138 Å². The van der Waals surface area contributed by atoms with E-state index < -0.39 is 5.60 Å². The fraction of sp³-hybridized carbons (Fsp3) is 0.611. The molecule has 1 aliphatic heterocycles. The van der Waals surface area contributed by atoms with Crippen molar-refractivity contribution in [2.45, 2.75) is 51.7 Å². The number of nitrogens with two attached hydrogens (primary N) is 1. The monoisotopic (exact) mass is 320 g/mol. The van der Waals surface area contributed by atoms with E-state index in [1.165, 1.54) is 5.56 Å².